The number of hydrogen-bond donors (Lipinski definition) is 1. The number of rotatable bonds is 4. The van der Waals surface area contributed by atoms with Gasteiger partial charge in [0.05, 0.1) is 15.2 Å². The lowest BCUT2D eigenvalue weighted by atomic mass is 10.3. The van der Waals surface area contributed by atoms with Crippen LogP contribution < -0.4 is 5.32 Å². The highest BCUT2D eigenvalue weighted by Gasteiger charge is 2.00. The maximum atomic E-state index is 4.42. The van der Waals surface area contributed by atoms with Crippen LogP contribution in [-0.2, 0) is 6.42 Å². The van der Waals surface area contributed by atoms with Gasteiger partial charge in [-0.1, -0.05) is 0 Å². The maximum Gasteiger partial charge on any atom is 0.0945 e. The normalized spacial score (nSPS) is 10.4. The highest BCUT2D eigenvalue weighted by molar-refractivity contribution is 9.10. The van der Waals surface area contributed by atoms with E-state index in [0.29, 0.717) is 0 Å². The molecule has 2 aromatic rings. The van der Waals surface area contributed by atoms with Crippen molar-refractivity contribution < 1.29 is 0 Å². The zero-order valence-electron chi connectivity index (χ0n) is 8.90. The van der Waals surface area contributed by atoms with E-state index < -0.39 is 0 Å². The van der Waals surface area contributed by atoms with Crippen LogP contribution in [0.15, 0.2) is 28.3 Å². The first-order valence-corrected chi connectivity index (χ1v) is 6.67. The molecule has 0 aliphatic rings. The Morgan fingerprint density at radius 3 is 3.06 bits per heavy atom. The van der Waals surface area contributed by atoms with Gasteiger partial charge in [-0.05, 0) is 28.9 Å². The van der Waals surface area contributed by atoms with Crippen molar-refractivity contribution in [1.29, 1.82) is 0 Å². The summed E-state index contributed by atoms with van der Waals surface area (Å²) in [7, 11) is 0. The van der Waals surface area contributed by atoms with Crippen LogP contribution in [0.1, 0.15) is 10.7 Å². The number of anilines is 1. The van der Waals surface area contributed by atoms with E-state index in [0.717, 1.165) is 28.8 Å². The molecule has 0 aliphatic heterocycles. The number of halogens is 1. The molecule has 2 aromatic heterocycles. The van der Waals surface area contributed by atoms with Gasteiger partial charge in [-0.25, -0.2) is 4.98 Å². The topological polar surface area (TPSA) is 37.8 Å². The molecule has 0 saturated heterocycles. The lowest BCUT2D eigenvalue weighted by molar-refractivity contribution is 0.985. The summed E-state index contributed by atoms with van der Waals surface area (Å²) in [6.45, 7) is 2.91. The fourth-order valence-electron chi connectivity index (χ4n) is 1.34. The summed E-state index contributed by atoms with van der Waals surface area (Å²) in [5.74, 6) is 0. The molecule has 0 radical (unpaired) electrons. The average Bonchev–Trinajstić information content (AvgIpc) is 2.67. The van der Waals surface area contributed by atoms with Gasteiger partial charge in [-0.3, -0.25) is 4.98 Å². The summed E-state index contributed by atoms with van der Waals surface area (Å²) in [5.41, 5.74) is 2.17. The predicted molar refractivity (Wildman–Crippen MR) is 71.0 cm³/mol. The highest BCUT2D eigenvalue weighted by atomic mass is 79.9. The molecule has 0 amide bonds. The number of pyridine rings is 1. The van der Waals surface area contributed by atoms with E-state index in [1.165, 1.54) is 5.01 Å². The van der Waals surface area contributed by atoms with Gasteiger partial charge in [0.1, 0.15) is 0 Å². The zero-order chi connectivity index (χ0) is 11.4. The second-order valence-electron chi connectivity index (χ2n) is 3.41. The van der Waals surface area contributed by atoms with E-state index >= 15 is 0 Å². The van der Waals surface area contributed by atoms with Gasteiger partial charge < -0.3 is 5.32 Å². The molecule has 5 heteroatoms. The number of hydrogen-bond acceptors (Lipinski definition) is 4. The van der Waals surface area contributed by atoms with Crippen molar-refractivity contribution in [1.82, 2.24) is 9.97 Å². The molecule has 2 rings (SSSR count). The SMILES string of the molecule is Cc1csc(CCNc2ccncc2Br)n1. The molecule has 2 heterocycles. The third-order valence-electron chi connectivity index (χ3n) is 2.09. The van der Waals surface area contributed by atoms with E-state index in [4.69, 9.17) is 0 Å². The average molecular weight is 298 g/mol. The van der Waals surface area contributed by atoms with Crippen molar-refractivity contribution in [3.05, 3.63) is 39.0 Å². The fraction of sp³-hybridized carbons (Fsp3) is 0.273. The monoisotopic (exact) mass is 297 g/mol. The molecule has 0 bridgehead atoms. The molecule has 1 N–H and O–H groups in total. The van der Waals surface area contributed by atoms with Gasteiger partial charge in [0.25, 0.3) is 0 Å². The standard InChI is InChI=1S/C11H12BrN3S/c1-8-7-16-11(15-8)3-5-14-10-2-4-13-6-9(10)12/h2,4,6-7H,3,5H2,1H3,(H,13,14). The Morgan fingerprint density at radius 1 is 1.50 bits per heavy atom. The van der Waals surface area contributed by atoms with Crippen molar-refractivity contribution in [2.24, 2.45) is 0 Å². The first-order chi connectivity index (χ1) is 7.75. The first kappa shape index (κ1) is 11.5. The molecule has 0 aromatic carbocycles. The van der Waals surface area contributed by atoms with Gasteiger partial charge in [0, 0.05) is 36.4 Å². The van der Waals surface area contributed by atoms with Crippen molar-refractivity contribution in [2.45, 2.75) is 13.3 Å². The van der Waals surface area contributed by atoms with Gasteiger partial charge in [-0.15, -0.1) is 11.3 Å². The Hall–Kier alpha value is -0.940. The third-order valence-corrected chi connectivity index (χ3v) is 3.75. The molecule has 0 aliphatic carbocycles. The quantitative estimate of drug-likeness (QED) is 0.941. The lowest BCUT2D eigenvalue weighted by Gasteiger charge is -2.06. The van der Waals surface area contributed by atoms with E-state index in [-0.39, 0.29) is 0 Å². The van der Waals surface area contributed by atoms with E-state index in [9.17, 15) is 0 Å². The zero-order valence-corrected chi connectivity index (χ0v) is 11.3. The minimum absolute atomic E-state index is 0.884. The largest absolute Gasteiger partial charge is 0.384 e. The van der Waals surface area contributed by atoms with E-state index in [1.54, 1.807) is 23.7 Å². The van der Waals surface area contributed by atoms with E-state index in [2.05, 4.69) is 36.6 Å². The Kier molecular flexibility index (Phi) is 3.90. The first-order valence-electron chi connectivity index (χ1n) is 5.00. The molecule has 0 saturated carbocycles. The van der Waals surface area contributed by atoms with Crippen LogP contribution in [0.25, 0.3) is 0 Å². The van der Waals surface area contributed by atoms with Gasteiger partial charge in [-0.2, -0.15) is 0 Å². The van der Waals surface area contributed by atoms with Crippen LogP contribution >= 0.6 is 27.3 Å². The van der Waals surface area contributed by atoms with Gasteiger partial charge in [0.15, 0.2) is 0 Å². The van der Waals surface area contributed by atoms with Crippen molar-refractivity contribution in [3.63, 3.8) is 0 Å². The van der Waals surface area contributed by atoms with Crippen LogP contribution in [0, 0.1) is 6.92 Å². The van der Waals surface area contributed by atoms with Crippen LogP contribution in [0.5, 0.6) is 0 Å². The summed E-state index contributed by atoms with van der Waals surface area (Å²) in [6, 6.07) is 1.96. The van der Waals surface area contributed by atoms with Crippen molar-refractivity contribution >= 4 is 33.0 Å². The molecular weight excluding hydrogens is 286 g/mol. The van der Waals surface area contributed by atoms with Crippen LogP contribution in [0.2, 0.25) is 0 Å². The van der Waals surface area contributed by atoms with E-state index in [1.807, 2.05) is 13.0 Å². The maximum absolute atomic E-state index is 4.42. The Bertz CT molecular complexity index is 470. The lowest BCUT2D eigenvalue weighted by Crippen LogP contribution is -2.05. The number of aromatic nitrogens is 2. The summed E-state index contributed by atoms with van der Waals surface area (Å²) in [6.07, 6.45) is 4.52. The molecular formula is C11H12BrN3S. The number of nitrogens with zero attached hydrogens (tertiary/aromatic N) is 2. The Morgan fingerprint density at radius 2 is 2.38 bits per heavy atom. The van der Waals surface area contributed by atoms with Crippen LogP contribution in [-0.4, -0.2) is 16.5 Å². The smallest absolute Gasteiger partial charge is 0.0945 e. The minimum Gasteiger partial charge on any atom is -0.384 e. The summed E-state index contributed by atoms with van der Waals surface area (Å²) < 4.78 is 0.991. The summed E-state index contributed by atoms with van der Waals surface area (Å²) >= 11 is 5.16. The number of aryl methyl sites for hydroxylation is 1. The molecule has 0 unspecified atom stereocenters. The van der Waals surface area contributed by atoms with Gasteiger partial charge in [0.2, 0.25) is 0 Å². The van der Waals surface area contributed by atoms with Gasteiger partial charge >= 0.3 is 0 Å². The number of thiazole rings is 1. The van der Waals surface area contributed by atoms with Crippen LogP contribution in [0.4, 0.5) is 5.69 Å². The van der Waals surface area contributed by atoms with Crippen molar-refractivity contribution in [3.8, 4) is 0 Å². The molecule has 0 atom stereocenters. The minimum atomic E-state index is 0.884. The molecule has 3 nitrogen and oxygen atoms in total. The Balaban J connectivity index is 1.87. The fourth-order valence-corrected chi connectivity index (χ4v) is 2.51. The number of nitrogens with one attached hydrogen (secondary N) is 1. The molecule has 0 spiro atoms. The second kappa shape index (κ2) is 5.41. The summed E-state index contributed by atoms with van der Waals surface area (Å²) in [5, 5.41) is 6.61. The second-order valence-corrected chi connectivity index (χ2v) is 5.21. The van der Waals surface area contributed by atoms with Crippen LogP contribution in [0.3, 0.4) is 0 Å². The molecule has 84 valence electrons. The molecule has 0 fully saturated rings. The summed E-state index contributed by atoms with van der Waals surface area (Å²) in [4.78, 5) is 8.44. The molecule has 16 heavy (non-hydrogen) atoms. The Labute approximate surface area is 107 Å². The third kappa shape index (κ3) is 3.02. The van der Waals surface area contributed by atoms with Crippen molar-refractivity contribution in [2.75, 3.05) is 11.9 Å². The predicted octanol–water partition coefficient (Wildman–Crippen LogP) is 3.26. The highest BCUT2D eigenvalue weighted by Crippen LogP contribution is 2.19.